The Morgan fingerprint density at radius 1 is 0.974 bits per heavy atom. The lowest BCUT2D eigenvalue weighted by Crippen LogP contribution is -2.14. The van der Waals surface area contributed by atoms with Crippen LogP contribution >= 0.6 is 11.8 Å². The van der Waals surface area contributed by atoms with E-state index in [1.54, 1.807) is 12.1 Å². The van der Waals surface area contributed by atoms with E-state index in [0.717, 1.165) is 27.9 Å². The standard InChI is InChI=1S/C31H25N5O2S/c1-21-12-14-22(15-13-21)25-18-27(23-8-4-2-5-9-23)33-31(26(25)20-32)39-17-16-29(37)34-28-19-30(38)36(35-28)24-10-6-3-7-11-24/h2-15,18-19,35H,16-17H2,1H3,(H,34,37). The molecule has 0 saturated heterocycles. The van der Waals surface area contributed by atoms with Gasteiger partial charge in [0, 0.05) is 29.4 Å². The van der Waals surface area contributed by atoms with Gasteiger partial charge in [-0.05, 0) is 30.7 Å². The van der Waals surface area contributed by atoms with Gasteiger partial charge >= 0.3 is 0 Å². The monoisotopic (exact) mass is 531 g/mol. The molecule has 7 nitrogen and oxygen atoms in total. The predicted molar refractivity (Wildman–Crippen MR) is 155 cm³/mol. The first-order valence-corrected chi connectivity index (χ1v) is 13.4. The molecule has 0 aliphatic heterocycles. The van der Waals surface area contributed by atoms with Crippen molar-refractivity contribution in [2.75, 3.05) is 11.1 Å². The number of carbonyl (C=O) groups excluding carboxylic acids is 1. The Morgan fingerprint density at radius 3 is 2.36 bits per heavy atom. The first-order valence-electron chi connectivity index (χ1n) is 12.4. The average Bonchev–Trinajstić information content (AvgIpc) is 3.33. The highest BCUT2D eigenvalue weighted by Gasteiger charge is 2.17. The van der Waals surface area contributed by atoms with Gasteiger partial charge in [0.2, 0.25) is 5.91 Å². The normalized spacial score (nSPS) is 10.7. The van der Waals surface area contributed by atoms with Gasteiger partial charge in [-0.25, -0.2) is 9.67 Å². The summed E-state index contributed by atoms with van der Waals surface area (Å²) < 4.78 is 1.37. The molecule has 2 heterocycles. The van der Waals surface area contributed by atoms with E-state index in [0.29, 0.717) is 27.8 Å². The molecule has 0 atom stereocenters. The Kier molecular flexibility index (Phi) is 7.71. The maximum absolute atomic E-state index is 12.7. The number of pyridine rings is 1. The quantitative estimate of drug-likeness (QED) is 0.232. The van der Waals surface area contributed by atoms with Crippen LogP contribution in [0.3, 0.4) is 0 Å². The first kappa shape index (κ1) is 25.8. The molecule has 0 saturated carbocycles. The maximum Gasteiger partial charge on any atom is 0.273 e. The zero-order valence-corrected chi connectivity index (χ0v) is 22.0. The van der Waals surface area contributed by atoms with E-state index in [1.165, 1.54) is 22.5 Å². The summed E-state index contributed by atoms with van der Waals surface area (Å²) in [7, 11) is 0. The highest BCUT2D eigenvalue weighted by Crippen LogP contribution is 2.34. The Hall–Kier alpha value is -4.87. The van der Waals surface area contributed by atoms with Crippen molar-refractivity contribution < 1.29 is 4.79 Å². The van der Waals surface area contributed by atoms with E-state index in [9.17, 15) is 14.9 Å². The van der Waals surface area contributed by atoms with Gasteiger partial charge in [0.1, 0.15) is 16.9 Å². The molecule has 3 aromatic carbocycles. The largest absolute Gasteiger partial charge is 0.311 e. The van der Waals surface area contributed by atoms with Crippen molar-refractivity contribution in [3.8, 4) is 34.1 Å². The molecule has 0 aliphatic rings. The molecule has 0 spiro atoms. The lowest BCUT2D eigenvalue weighted by atomic mass is 9.98. The van der Waals surface area contributed by atoms with Crippen LogP contribution < -0.4 is 10.9 Å². The van der Waals surface area contributed by atoms with E-state index in [-0.39, 0.29) is 17.9 Å². The summed E-state index contributed by atoms with van der Waals surface area (Å²) >= 11 is 1.36. The lowest BCUT2D eigenvalue weighted by Gasteiger charge is -2.13. The van der Waals surface area contributed by atoms with Gasteiger partial charge in [0.25, 0.3) is 5.56 Å². The first-order chi connectivity index (χ1) is 19.0. The summed E-state index contributed by atoms with van der Waals surface area (Å²) in [6, 6.07) is 32.6. The zero-order chi connectivity index (χ0) is 27.2. The van der Waals surface area contributed by atoms with Crippen LogP contribution in [0.1, 0.15) is 17.5 Å². The number of carbonyl (C=O) groups is 1. The molecule has 5 rings (SSSR count). The molecule has 8 heteroatoms. The van der Waals surface area contributed by atoms with E-state index in [2.05, 4.69) is 16.5 Å². The second kappa shape index (κ2) is 11.7. The summed E-state index contributed by atoms with van der Waals surface area (Å²) in [4.78, 5) is 29.8. The van der Waals surface area contributed by atoms with Crippen molar-refractivity contribution in [2.45, 2.75) is 18.4 Å². The van der Waals surface area contributed by atoms with Crippen molar-refractivity contribution in [2.24, 2.45) is 0 Å². The van der Waals surface area contributed by atoms with Crippen LogP contribution in [0.15, 0.2) is 107 Å². The molecule has 0 radical (unpaired) electrons. The van der Waals surface area contributed by atoms with Gasteiger partial charge in [-0.15, -0.1) is 11.8 Å². The molecule has 1 amide bonds. The average molecular weight is 532 g/mol. The molecule has 39 heavy (non-hydrogen) atoms. The number of aryl methyl sites for hydroxylation is 1. The third-order valence-electron chi connectivity index (χ3n) is 6.11. The Balaban J connectivity index is 1.35. The van der Waals surface area contributed by atoms with E-state index < -0.39 is 0 Å². The molecule has 0 aliphatic carbocycles. The van der Waals surface area contributed by atoms with Crippen LogP contribution in [-0.2, 0) is 4.79 Å². The minimum Gasteiger partial charge on any atom is -0.311 e. The molecule has 0 fully saturated rings. The minimum atomic E-state index is -0.268. The van der Waals surface area contributed by atoms with Crippen molar-refractivity contribution in [1.29, 1.82) is 5.26 Å². The van der Waals surface area contributed by atoms with Gasteiger partial charge in [-0.1, -0.05) is 78.4 Å². The van der Waals surface area contributed by atoms with E-state index >= 15 is 0 Å². The third kappa shape index (κ3) is 6.00. The number of anilines is 1. The molecular weight excluding hydrogens is 506 g/mol. The number of amides is 1. The van der Waals surface area contributed by atoms with Gasteiger partial charge in [0.15, 0.2) is 0 Å². The Morgan fingerprint density at radius 2 is 1.67 bits per heavy atom. The minimum absolute atomic E-state index is 0.172. The number of rotatable bonds is 8. The van der Waals surface area contributed by atoms with Crippen molar-refractivity contribution in [3.05, 3.63) is 119 Å². The second-order valence-corrected chi connectivity index (χ2v) is 9.99. The highest BCUT2D eigenvalue weighted by atomic mass is 32.2. The van der Waals surface area contributed by atoms with Gasteiger partial charge in [-0.2, -0.15) is 5.26 Å². The summed E-state index contributed by atoms with van der Waals surface area (Å²) in [5, 5.41) is 16.3. The fraction of sp³-hybridized carbons (Fsp3) is 0.0968. The zero-order valence-electron chi connectivity index (χ0n) is 21.2. The van der Waals surface area contributed by atoms with Crippen LogP contribution in [0.5, 0.6) is 0 Å². The Labute approximate surface area is 230 Å². The molecule has 0 bridgehead atoms. The molecule has 5 aromatic rings. The van der Waals surface area contributed by atoms with Crippen LogP contribution in [0.2, 0.25) is 0 Å². The molecule has 192 valence electrons. The lowest BCUT2D eigenvalue weighted by molar-refractivity contribution is -0.115. The number of nitrogens with one attached hydrogen (secondary N) is 2. The number of benzene rings is 3. The molecule has 2 N–H and O–H groups in total. The number of H-pyrrole nitrogens is 1. The number of aromatic amines is 1. The van der Waals surface area contributed by atoms with Gasteiger partial charge in [-0.3, -0.25) is 14.7 Å². The third-order valence-corrected chi connectivity index (χ3v) is 7.08. The van der Waals surface area contributed by atoms with Crippen molar-refractivity contribution >= 4 is 23.5 Å². The second-order valence-electron chi connectivity index (χ2n) is 8.90. The van der Waals surface area contributed by atoms with E-state index in [4.69, 9.17) is 4.98 Å². The highest BCUT2D eigenvalue weighted by molar-refractivity contribution is 7.99. The topological polar surface area (TPSA) is 104 Å². The number of aromatic nitrogens is 3. The van der Waals surface area contributed by atoms with Crippen LogP contribution in [0, 0.1) is 18.3 Å². The smallest absolute Gasteiger partial charge is 0.273 e. The molecular formula is C31H25N5O2S. The summed E-state index contributed by atoms with van der Waals surface area (Å²) in [6.07, 6.45) is 0.172. The number of nitrogens with zero attached hydrogens (tertiary/aromatic N) is 3. The maximum atomic E-state index is 12.7. The van der Waals surface area contributed by atoms with Gasteiger partial charge < -0.3 is 5.32 Å². The number of nitriles is 1. The van der Waals surface area contributed by atoms with Crippen molar-refractivity contribution in [1.82, 2.24) is 14.8 Å². The van der Waals surface area contributed by atoms with Gasteiger partial charge in [0.05, 0.1) is 16.9 Å². The predicted octanol–water partition coefficient (Wildman–Crippen LogP) is 6.20. The number of thioether (sulfide) groups is 1. The summed E-state index contributed by atoms with van der Waals surface area (Å²) in [5.74, 6) is 0.478. The molecule has 0 unspecified atom stereocenters. The SMILES string of the molecule is Cc1ccc(-c2cc(-c3ccccc3)nc(SCCC(=O)Nc3cc(=O)n(-c4ccccc4)[nH]3)c2C#N)cc1. The number of hydrogen-bond donors (Lipinski definition) is 2. The van der Waals surface area contributed by atoms with Crippen molar-refractivity contribution in [3.63, 3.8) is 0 Å². The fourth-order valence-corrected chi connectivity index (χ4v) is 5.08. The summed E-state index contributed by atoms with van der Waals surface area (Å²) in [6.45, 7) is 2.02. The van der Waals surface area contributed by atoms with Crippen LogP contribution in [-0.4, -0.2) is 26.4 Å². The summed E-state index contributed by atoms with van der Waals surface area (Å²) in [5.41, 5.74) is 5.47. The number of para-hydroxylation sites is 1. The molecule has 2 aromatic heterocycles. The van der Waals surface area contributed by atoms with E-state index in [1.807, 2.05) is 85.8 Å². The Bertz CT molecular complexity index is 1700. The van der Waals surface area contributed by atoms with Crippen LogP contribution in [0.25, 0.3) is 28.1 Å². The van der Waals surface area contributed by atoms with Crippen LogP contribution in [0.4, 0.5) is 5.82 Å². The number of hydrogen-bond acceptors (Lipinski definition) is 5. The fourth-order valence-electron chi connectivity index (χ4n) is 4.13.